The molecule has 0 fully saturated rings. The van der Waals surface area contributed by atoms with Crippen LogP contribution in [0.25, 0.3) is 0 Å². The van der Waals surface area contributed by atoms with Crippen molar-refractivity contribution in [3.63, 3.8) is 0 Å². The second-order valence-electron chi connectivity index (χ2n) is 6.20. The normalized spacial score (nSPS) is 12.7. The molecule has 0 atom stereocenters. The highest BCUT2D eigenvalue weighted by Gasteiger charge is 2.16. The minimum absolute atomic E-state index is 0.0449. The summed E-state index contributed by atoms with van der Waals surface area (Å²) in [6.45, 7) is 4.39. The van der Waals surface area contributed by atoms with E-state index >= 15 is 0 Å². The highest BCUT2D eigenvalue weighted by molar-refractivity contribution is 6.32. The van der Waals surface area contributed by atoms with Crippen molar-refractivity contribution in [3.05, 3.63) is 52.5 Å². The molecule has 0 saturated heterocycles. The molecule has 2 N–H and O–H groups in total. The van der Waals surface area contributed by atoms with Crippen LogP contribution in [0.15, 0.2) is 36.4 Å². The second-order valence-corrected chi connectivity index (χ2v) is 6.61. The first-order valence-electron chi connectivity index (χ1n) is 8.83. The number of ether oxygens (including phenoxy) is 2. The van der Waals surface area contributed by atoms with E-state index in [0.29, 0.717) is 49.2 Å². The fourth-order valence-corrected chi connectivity index (χ4v) is 3.11. The number of halogens is 1. The predicted octanol–water partition coefficient (Wildman–Crippen LogP) is 4.14. The molecule has 0 spiro atoms. The van der Waals surface area contributed by atoms with E-state index in [1.54, 1.807) is 0 Å². The first-order chi connectivity index (χ1) is 12.7. The van der Waals surface area contributed by atoms with Crippen LogP contribution in [0.4, 0.5) is 5.69 Å². The highest BCUT2D eigenvalue weighted by Crippen LogP contribution is 2.38. The number of carbonyl (C=O) groups is 1. The zero-order chi connectivity index (χ0) is 18.4. The fraction of sp³-hybridized carbons (Fsp3) is 0.350. The Morgan fingerprint density at radius 2 is 1.92 bits per heavy atom. The summed E-state index contributed by atoms with van der Waals surface area (Å²) < 4.78 is 11.1. The summed E-state index contributed by atoms with van der Waals surface area (Å²) >= 11 is 6.27. The van der Waals surface area contributed by atoms with Crippen LogP contribution in [0.3, 0.4) is 0 Å². The first kappa shape index (κ1) is 18.5. The smallest absolute Gasteiger partial charge is 0.224 e. The van der Waals surface area contributed by atoms with Gasteiger partial charge >= 0.3 is 0 Å². The van der Waals surface area contributed by atoms with Crippen LogP contribution in [0.5, 0.6) is 11.5 Å². The van der Waals surface area contributed by atoms with E-state index in [2.05, 4.69) is 10.6 Å². The minimum atomic E-state index is 0.0449. The zero-order valence-electron chi connectivity index (χ0n) is 14.8. The number of benzene rings is 2. The van der Waals surface area contributed by atoms with Gasteiger partial charge in [-0.25, -0.2) is 0 Å². The Bertz CT molecular complexity index is 780. The first-order valence-corrected chi connectivity index (χ1v) is 9.21. The van der Waals surface area contributed by atoms with E-state index in [-0.39, 0.29) is 5.91 Å². The van der Waals surface area contributed by atoms with E-state index in [0.717, 1.165) is 23.2 Å². The summed E-state index contributed by atoms with van der Waals surface area (Å²) in [6.07, 6.45) is 1.37. The lowest BCUT2D eigenvalue weighted by atomic mass is 10.1. The number of anilines is 1. The van der Waals surface area contributed by atoms with Gasteiger partial charge in [-0.2, -0.15) is 0 Å². The molecule has 1 aliphatic rings. The Hall–Kier alpha value is -2.24. The van der Waals surface area contributed by atoms with Gasteiger partial charge in [0.2, 0.25) is 5.91 Å². The average Bonchev–Trinajstić information content (AvgIpc) is 2.62. The molecule has 2 aromatic carbocycles. The van der Waals surface area contributed by atoms with Crippen molar-refractivity contribution >= 4 is 23.2 Å². The van der Waals surface area contributed by atoms with Crippen molar-refractivity contribution in [2.45, 2.75) is 32.9 Å². The Morgan fingerprint density at radius 1 is 1.12 bits per heavy atom. The summed E-state index contributed by atoms with van der Waals surface area (Å²) in [4.78, 5) is 11.7. The van der Waals surface area contributed by atoms with E-state index < -0.39 is 0 Å². The summed E-state index contributed by atoms with van der Waals surface area (Å²) in [5, 5.41) is 6.88. The molecule has 1 amide bonds. The monoisotopic (exact) mass is 374 g/mol. The van der Waals surface area contributed by atoms with Crippen molar-refractivity contribution in [2.24, 2.45) is 0 Å². The summed E-state index contributed by atoms with van der Waals surface area (Å²) in [7, 11) is 0. The van der Waals surface area contributed by atoms with Crippen LogP contribution in [0.2, 0.25) is 5.02 Å². The Balaban J connectivity index is 1.56. The fourth-order valence-electron chi connectivity index (χ4n) is 2.83. The molecule has 138 valence electrons. The van der Waals surface area contributed by atoms with Crippen LogP contribution in [-0.2, 0) is 17.9 Å². The standard InChI is InChI=1S/C20H23ClN2O3/c1-2-4-19(24)23-16-6-3-5-14(9-16)12-22-13-15-10-17(21)20-18(11-15)25-7-8-26-20/h3,5-6,9-11,22H,2,4,7-8,12-13H2,1H3,(H,23,24). The van der Waals surface area contributed by atoms with Crippen molar-refractivity contribution in [3.8, 4) is 11.5 Å². The van der Waals surface area contributed by atoms with Gasteiger partial charge in [0, 0.05) is 25.2 Å². The van der Waals surface area contributed by atoms with Gasteiger partial charge in [-0.05, 0) is 41.8 Å². The third-order valence-electron chi connectivity index (χ3n) is 4.00. The van der Waals surface area contributed by atoms with Crippen molar-refractivity contribution < 1.29 is 14.3 Å². The van der Waals surface area contributed by atoms with Gasteiger partial charge in [0.05, 0.1) is 5.02 Å². The second kappa shape index (κ2) is 8.92. The van der Waals surface area contributed by atoms with E-state index in [1.165, 1.54) is 0 Å². The molecule has 0 radical (unpaired) electrons. The number of amides is 1. The van der Waals surface area contributed by atoms with Gasteiger partial charge in [-0.3, -0.25) is 4.79 Å². The summed E-state index contributed by atoms with van der Waals surface area (Å²) in [6, 6.07) is 11.7. The number of rotatable bonds is 7. The zero-order valence-corrected chi connectivity index (χ0v) is 15.6. The number of hydrogen-bond acceptors (Lipinski definition) is 4. The molecular weight excluding hydrogens is 352 g/mol. The lowest BCUT2D eigenvalue weighted by molar-refractivity contribution is -0.116. The minimum Gasteiger partial charge on any atom is -0.486 e. The van der Waals surface area contributed by atoms with Crippen molar-refractivity contribution in [1.82, 2.24) is 5.32 Å². The maximum atomic E-state index is 11.7. The Morgan fingerprint density at radius 3 is 2.77 bits per heavy atom. The van der Waals surface area contributed by atoms with E-state index in [9.17, 15) is 4.79 Å². The average molecular weight is 375 g/mol. The van der Waals surface area contributed by atoms with Crippen LogP contribution < -0.4 is 20.1 Å². The third kappa shape index (κ3) is 4.90. The van der Waals surface area contributed by atoms with Crippen LogP contribution in [0.1, 0.15) is 30.9 Å². The van der Waals surface area contributed by atoms with Gasteiger partial charge in [0.15, 0.2) is 11.5 Å². The number of hydrogen-bond donors (Lipinski definition) is 2. The summed E-state index contributed by atoms with van der Waals surface area (Å²) in [5.74, 6) is 1.36. The largest absolute Gasteiger partial charge is 0.486 e. The molecular formula is C20H23ClN2O3. The van der Waals surface area contributed by atoms with Crippen molar-refractivity contribution in [2.75, 3.05) is 18.5 Å². The molecule has 0 bridgehead atoms. The molecule has 26 heavy (non-hydrogen) atoms. The molecule has 0 saturated carbocycles. The molecule has 0 aromatic heterocycles. The van der Waals surface area contributed by atoms with Gasteiger partial charge in [-0.1, -0.05) is 30.7 Å². The Labute approximate surface area is 158 Å². The Kier molecular flexibility index (Phi) is 6.36. The molecule has 2 aromatic rings. The van der Waals surface area contributed by atoms with Gasteiger partial charge in [-0.15, -0.1) is 0 Å². The molecule has 6 heteroatoms. The topological polar surface area (TPSA) is 59.6 Å². The van der Waals surface area contributed by atoms with Gasteiger partial charge in [0.25, 0.3) is 0 Å². The van der Waals surface area contributed by atoms with Crippen LogP contribution >= 0.6 is 11.6 Å². The van der Waals surface area contributed by atoms with Crippen LogP contribution in [-0.4, -0.2) is 19.1 Å². The van der Waals surface area contributed by atoms with E-state index in [4.69, 9.17) is 21.1 Å². The molecule has 1 aliphatic heterocycles. The molecule has 0 aliphatic carbocycles. The predicted molar refractivity (Wildman–Crippen MR) is 103 cm³/mol. The molecule has 3 rings (SSSR count). The number of carbonyl (C=O) groups excluding carboxylic acids is 1. The van der Waals surface area contributed by atoms with E-state index in [1.807, 2.05) is 43.3 Å². The molecule has 5 nitrogen and oxygen atoms in total. The summed E-state index contributed by atoms with van der Waals surface area (Å²) in [5.41, 5.74) is 2.96. The number of fused-ring (bicyclic) bond motifs is 1. The highest BCUT2D eigenvalue weighted by atomic mass is 35.5. The number of nitrogens with one attached hydrogen (secondary N) is 2. The van der Waals surface area contributed by atoms with Crippen molar-refractivity contribution in [1.29, 1.82) is 0 Å². The quantitative estimate of drug-likeness (QED) is 0.764. The maximum Gasteiger partial charge on any atom is 0.224 e. The third-order valence-corrected chi connectivity index (χ3v) is 4.28. The maximum absolute atomic E-state index is 11.7. The van der Waals surface area contributed by atoms with Gasteiger partial charge in [0.1, 0.15) is 13.2 Å². The van der Waals surface area contributed by atoms with Gasteiger partial charge < -0.3 is 20.1 Å². The SMILES string of the molecule is CCCC(=O)Nc1cccc(CNCc2cc(Cl)c3c(c2)OCCO3)c1. The lowest BCUT2D eigenvalue weighted by Crippen LogP contribution is -2.17. The van der Waals surface area contributed by atoms with Crippen LogP contribution in [0, 0.1) is 0 Å². The lowest BCUT2D eigenvalue weighted by Gasteiger charge is -2.20. The molecule has 1 heterocycles. The molecule has 0 unspecified atom stereocenters.